The number of carbonyl (C=O) groups is 1. The van der Waals surface area contributed by atoms with Crippen molar-refractivity contribution < 1.29 is 27.1 Å². The van der Waals surface area contributed by atoms with Gasteiger partial charge in [-0.2, -0.15) is 5.10 Å². The zero-order valence-electron chi connectivity index (χ0n) is 11.9. The summed E-state index contributed by atoms with van der Waals surface area (Å²) in [4.78, 5) is 23.1. The molecule has 0 aliphatic rings. The lowest BCUT2D eigenvalue weighted by Gasteiger charge is -2.12. The van der Waals surface area contributed by atoms with E-state index in [0.717, 1.165) is 23.7 Å². The highest BCUT2D eigenvalue weighted by Crippen LogP contribution is 2.25. The molecular weight excluding hydrogens is 320 g/mol. The van der Waals surface area contributed by atoms with Gasteiger partial charge in [0.25, 0.3) is 0 Å². The first-order valence-electron chi connectivity index (χ1n) is 6.25. The maximum absolute atomic E-state index is 14.0. The average molecular weight is 330 g/mol. The molecule has 0 atom stereocenters. The maximum atomic E-state index is 14.0. The van der Waals surface area contributed by atoms with Crippen LogP contribution in [-0.2, 0) is 0 Å². The standard InChI is InChI=1S/C14H10F4N2O3/c1-7-6-20(19-12(8(2)21)13(7)22)11-4-3-9(5-10(11)15)23-14(16,17)18/h3-6H,1-2H3. The van der Waals surface area contributed by atoms with E-state index in [-0.39, 0.29) is 16.9 Å². The Morgan fingerprint density at radius 1 is 1.30 bits per heavy atom. The third-order valence-corrected chi connectivity index (χ3v) is 2.83. The summed E-state index contributed by atoms with van der Waals surface area (Å²) in [6.45, 7) is 2.54. The molecular formula is C14H10F4N2O3. The van der Waals surface area contributed by atoms with Crippen molar-refractivity contribution in [2.75, 3.05) is 0 Å². The normalized spacial score (nSPS) is 11.4. The number of aromatic nitrogens is 2. The first kappa shape index (κ1) is 16.7. The summed E-state index contributed by atoms with van der Waals surface area (Å²) in [6, 6.07) is 2.43. The van der Waals surface area contributed by atoms with Crippen molar-refractivity contribution >= 4 is 5.78 Å². The topological polar surface area (TPSA) is 61.2 Å². The highest BCUT2D eigenvalue weighted by molar-refractivity contribution is 5.91. The molecule has 0 N–H and O–H groups in total. The monoisotopic (exact) mass is 330 g/mol. The fraction of sp³-hybridized carbons (Fsp3) is 0.214. The Morgan fingerprint density at radius 3 is 2.48 bits per heavy atom. The lowest BCUT2D eigenvalue weighted by atomic mass is 10.2. The number of aryl methyl sites for hydroxylation is 1. The molecule has 0 bridgehead atoms. The Balaban J connectivity index is 2.51. The van der Waals surface area contributed by atoms with Gasteiger partial charge >= 0.3 is 6.36 Å². The molecule has 1 heterocycles. The predicted octanol–water partition coefficient (Wildman–Crippen LogP) is 2.78. The lowest BCUT2D eigenvalue weighted by molar-refractivity contribution is -0.274. The van der Waals surface area contributed by atoms with Crippen molar-refractivity contribution in [3.8, 4) is 11.4 Å². The van der Waals surface area contributed by atoms with Crippen molar-refractivity contribution in [2.45, 2.75) is 20.2 Å². The van der Waals surface area contributed by atoms with E-state index in [0.29, 0.717) is 6.07 Å². The molecule has 9 heteroatoms. The number of rotatable bonds is 3. The second-order valence-electron chi connectivity index (χ2n) is 4.65. The van der Waals surface area contributed by atoms with Crippen LogP contribution < -0.4 is 10.2 Å². The zero-order valence-corrected chi connectivity index (χ0v) is 11.9. The van der Waals surface area contributed by atoms with Gasteiger partial charge in [-0.3, -0.25) is 9.59 Å². The Labute approximate surface area is 127 Å². The minimum absolute atomic E-state index is 0.139. The molecule has 2 rings (SSSR count). The van der Waals surface area contributed by atoms with Crippen molar-refractivity contribution in [2.24, 2.45) is 0 Å². The van der Waals surface area contributed by atoms with Crippen LogP contribution in [0.25, 0.3) is 5.69 Å². The summed E-state index contributed by atoms with van der Waals surface area (Å²) in [5.74, 6) is -2.40. The molecule has 0 aliphatic carbocycles. The molecule has 1 aromatic heterocycles. The van der Waals surface area contributed by atoms with Crippen LogP contribution in [0.1, 0.15) is 23.0 Å². The van der Waals surface area contributed by atoms with Gasteiger partial charge in [0.1, 0.15) is 11.4 Å². The highest BCUT2D eigenvalue weighted by atomic mass is 19.4. The van der Waals surface area contributed by atoms with Gasteiger partial charge in [-0.25, -0.2) is 9.07 Å². The van der Waals surface area contributed by atoms with Crippen LogP contribution in [0.4, 0.5) is 17.6 Å². The van der Waals surface area contributed by atoms with Crippen molar-refractivity contribution in [3.63, 3.8) is 0 Å². The maximum Gasteiger partial charge on any atom is 0.573 e. The van der Waals surface area contributed by atoms with Crippen LogP contribution in [0.3, 0.4) is 0 Å². The van der Waals surface area contributed by atoms with Gasteiger partial charge in [0, 0.05) is 24.8 Å². The molecule has 0 saturated heterocycles. The largest absolute Gasteiger partial charge is 0.573 e. The molecule has 2 aromatic rings. The molecule has 0 spiro atoms. The van der Waals surface area contributed by atoms with E-state index in [1.54, 1.807) is 0 Å². The molecule has 122 valence electrons. The number of nitrogens with zero attached hydrogens (tertiary/aromatic N) is 2. The van der Waals surface area contributed by atoms with Gasteiger partial charge in [-0.05, 0) is 19.1 Å². The van der Waals surface area contributed by atoms with Gasteiger partial charge < -0.3 is 4.74 Å². The fourth-order valence-electron chi connectivity index (χ4n) is 1.84. The summed E-state index contributed by atoms with van der Waals surface area (Å²) in [5, 5.41) is 3.72. The minimum Gasteiger partial charge on any atom is -0.406 e. The van der Waals surface area contributed by atoms with Crippen LogP contribution in [-0.4, -0.2) is 21.9 Å². The number of Topliss-reactive ketones (excluding diaryl/α,β-unsaturated/α-hetero) is 1. The van der Waals surface area contributed by atoms with Gasteiger partial charge in [0.2, 0.25) is 5.43 Å². The summed E-state index contributed by atoms with van der Waals surface area (Å²) in [6.07, 6.45) is -3.76. The van der Waals surface area contributed by atoms with Crippen LogP contribution in [0.5, 0.6) is 5.75 Å². The number of hydrogen-bond acceptors (Lipinski definition) is 4. The molecule has 0 radical (unpaired) electrons. The SMILES string of the molecule is CC(=O)c1nn(-c2ccc(OC(F)(F)F)cc2F)cc(C)c1=O. The van der Waals surface area contributed by atoms with Crippen LogP contribution in [0.2, 0.25) is 0 Å². The van der Waals surface area contributed by atoms with E-state index in [4.69, 9.17) is 0 Å². The summed E-state index contributed by atoms with van der Waals surface area (Å²) in [7, 11) is 0. The first-order valence-corrected chi connectivity index (χ1v) is 6.25. The van der Waals surface area contributed by atoms with Gasteiger partial charge in [0.05, 0.1) is 0 Å². The van der Waals surface area contributed by atoms with Crippen molar-refractivity contribution in [3.05, 3.63) is 51.7 Å². The molecule has 23 heavy (non-hydrogen) atoms. The molecule has 5 nitrogen and oxygen atoms in total. The highest BCUT2D eigenvalue weighted by Gasteiger charge is 2.31. The minimum atomic E-state index is -4.94. The number of hydrogen-bond donors (Lipinski definition) is 0. The quantitative estimate of drug-likeness (QED) is 0.641. The number of ether oxygens (including phenoxy) is 1. The Kier molecular flexibility index (Phi) is 4.22. The second-order valence-corrected chi connectivity index (χ2v) is 4.65. The fourth-order valence-corrected chi connectivity index (χ4v) is 1.84. The Hall–Kier alpha value is -2.71. The third-order valence-electron chi connectivity index (χ3n) is 2.83. The van der Waals surface area contributed by atoms with Crippen molar-refractivity contribution in [1.29, 1.82) is 0 Å². The molecule has 0 unspecified atom stereocenters. The summed E-state index contributed by atoms with van der Waals surface area (Å²) < 4.78 is 54.8. The number of alkyl halides is 3. The van der Waals surface area contributed by atoms with E-state index in [2.05, 4.69) is 9.84 Å². The van der Waals surface area contributed by atoms with Crippen LogP contribution in [0.15, 0.2) is 29.2 Å². The van der Waals surface area contributed by atoms with E-state index in [1.165, 1.54) is 13.1 Å². The van der Waals surface area contributed by atoms with E-state index >= 15 is 0 Å². The van der Waals surface area contributed by atoms with Gasteiger partial charge in [-0.15, -0.1) is 13.2 Å². The number of ketones is 1. The zero-order chi connectivity index (χ0) is 17.4. The molecule has 0 aliphatic heterocycles. The molecule has 0 fully saturated rings. The number of benzene rings is 1. The first-order chi connectivity index (χ1) is 10.6. The number of halogens is 4. The third kappa shape index (κ3) is 3.74. The van der Waals surface area contributed by atoms with Crippen LogP contribution >= 0.6 is 0 Å². The van der Waals surface area contributed by atoms with E-state index in [9.17, 15) is 27.2 Å². The van der Waals surface area contributed by atoms with Gasteiger partial charge in [0.15, 0.2) is 17.3 Å². The molecule has 1 aromatic carbocycles. The van der Waals surface area contributed by atoms with E-state index < -0.39 is 29.1 Å². The number of carbonyl (C=O) groups excluding carboxylic acids is 1. The van der Waals surface area contributed by atoms with Crippen molar-refractivity contribution in [1.82, 2.24) is 9.78 Å². The Morgan fingerprint density at radius 2 is 1.96 bits per heavy atom. The average Bonchev–Trinajstić information content (AvgIpc) is 2.39. The summed E-state index contributed by atoms with van der Waals surface area (Å²) in [5.41, 5.74) is -1.07. The van der Waals surface area contributed by atoms with Gasteiger partial charge in [-0.1, -0.05) is 0 Å². The second kappa shape index (κ2) is 5.82. The predicted molar refractivity (Wildman–Crippen MR) is 71.2 cm³/mol. The Bertz CT molecular complexity index is 828. The lowest BCUT2D eigenvalue weighted by Crippen LogP contribution is -2.22. The molecule has 0 saturated carbocycles. The van der Waals surface area contributed by atoms with Crippen LogP contribution in [0, 0.1) is 12.7 Å². The van der Waals surface area contributed by atoms with E-state index in [1.807, 2.05) is 0 Å². The molecule has 0 amide bonds. The summed E-state index contributed by atoms with van der Waals surface area (Å²) >= 11 is 0. The smallest absolute Gasteiger partial charge is 0.406 e.